The molecule has 0 saturated carbocycles. The van der Waals surface area contributed by atoms with Crippen LogP contribution >= 0.6 is 0 Å². The van der Waals surface area contributed by atoms with Crippen LogP contribution in [0.3, 0.4) is 0 Å². The first kappa shape index (κ1) is 12.6. The van der Waals surface area contributed by atoms with Gasteiger partial charge < -0.3 is 14.9 Å². The molecule has 2 aromatic rings. The van der Waals surface area contributed by atoms with E-state index >= 15 is 0 Å². The van der Waals surface area contributed by atoms with Crippen molar-refractivity contribution in [3.05, 3.63) is 59.2 Å². The summed E-state index contributed by atoms with van der Waals surface area (Å²) >= 11 is 0. The topological polar surface area (TPSA) is 49.7 Å². The first-order valence-corrected chi connectivity index (χ1v) is 5.81. The van der Waals surface area contributed by atoms with Crippen LogP contribution < -0.4 is 4.74 Å². The van der Waals surface area contributed by atoms with Crippen LogP contribution in [0.4, 0.5) is 0 Å². The lowest BCUT2D eigenvalue weighted by atomic mass is 10.1. The molecule has 0 radical (unpaired) electrons. The van der Waals surface area contributed by atoms with E-state index in [1.165, 1.54) is 0 Å². The van der Waals surface area contributed by atoms with Crippen molar-refractivity contribution in [3.63, 3.8) is 0 Å². The van der Waals surface area contributed by atoms with Gasteiger partial charge in [0.15, 0.2) is 0 Å². The molecule has 3 heteroatoms. The number of benzene rings is 2. The van der Waals surface area contributed by atoms with Gasteiger partial charge in [0.1, 0.15) is 11.5 Å². The van der Waals surface area contributed by atoms with Gasteiger partial charge in [-0.25, -0.2) is 0 Å². The van der Waals surface area contributed by atoms with Crippen molar-refractivity contribution in [3.8, 4) is 11.5 Å². The van der Waals surface area contributed by atoms with Crippen molar-refractivity contribution in [2.24, 2.45) is 0 Å². The normalized spacial score (nSPS) is 10.4. The maximum absolute atomic E-state index is 9.23. The molecule has 18 heavy (non-hydrogen) atoms. The number of aliphatic hydroxyl groups is 2. The molecule has 2 N–H and O–H groups in total. The molecule has 0 heterocycles. The highest BCUT2D eigenvalue weighted by Crippen LogP contribution is 2.28. The van der Waals surface area contributed by atoms with E-state index in [0.717, 1.165) is 22.4 Å². The zero-order valence-corrected chi connectivity index (χ0v) is 10.3. The van der Waals surface area contributed by atoms with E-state index in [2.05, 4.69) is 0 Å². The summed E-state index contributed by atoms with van der Waals surface area (Å²) in [5.41, 5.74) is 2.56. The van der Waals surface area contributed by atoms with Crippen LogP contribution in [-0.2, 0) is 13.2 Å². The number of hydrogen-bond acceptors (Lipinski definition) is 3. The van der Waals surface area contributed by atoms with Gasteiger partial charge in [-0.2, -0.15) is 0 Å². The van der Waals surface area contributed by atoms with Crippen LogP contribution in [-0.4, -0.2) is 10.2 Å². The second kappa shape index (κ2) is 5.67. The molecule has 0 unspecified atom stereocenters. The molecular formula is C15H16O3. The molecule has 0 aliphatic rings. The number of aryl methyl sites for hydroxylation is 1. The van der Waals surface area contributed by atoms with Crippen molar-refractivity contribution in [1.29, 1.82) is 0 Å². The summed E-state index contributed by atoms with van der Waals surface area (Å²) in [6.45, 7) is 1.90. The molecule has 2 rings (SSSR count). The van der Waals surface area contributed by atoms with Gasteiger partial charge in [0, 0.05) is 5.56 Å². The molecule has 94 valence electrons. The second-order valence-electron chi connectivity index (χ2n) is 4.13. The number of ether oxygens (including phenoxy) is 1. The van der Waals surface area contributed by atoms with E-state index in [-0.39, 0.29) is 13.2 Å². The summed E-state index contributed by atoms with van der Waals surface area (Å²) in [6.07, 6.45) is 0. The maximum atomic E-state index is 9.23. The largest absolute Gasteiger partial charge is 0.457 e. The predicted octanol–water partition coefficient (Wildman–Crippen LogP) is 2.77. The van der Waals surface area contributed by atoms with Crippen molar-refractivity contribution in [1.82, 2.24) is 0 Å². The fourth-order valence-corrected chi connectivity index (χ4v) is 1.78. The molecule has 0 fully saturated rings. The lowest BCUT2D eigenvalue weighted by Gasteiger charge is -2.12. The summed E-state index contributed by atoms with van der Waals surface area (Å²) < 4.78 is 5.79. The molecule has 3 nitrogen and oxygen atoms in total. The summed E-state index contributed by atoms with van der Waals surface area (Å²) in [5, 5.41) is 18.3. The van der Waals surface area contributed by atoms with E-state index in [9.17, 15) is 5.11 Å². The molecule has 0 bridgehead atoms. The minimum absolute atomic E-state index is 0.0222. The number of rotatable bonds is 4. The minimum atomic E-state index is -0.0516. The van der Waals surface area contributed by atoms with Gasteiger partial charge in [0.05, 0.1) is 13.2 Å². The third-order valence-electron chi connectivity index (χ3n) is 2.78. The average Bonchev–Trinajstić information content (AvgIpc) is 2.41. The number of para-hydroxylation sites is 1. The Labute approximate surface area is 106 Å². The summed E-state index contributed by atoms with van der Waals surface area (Å²) in [4.78, 5) is 0. The minimum Gasteiger partial charge on any atom is -0.457 e. The van der Waals surface area contributed by atoms with Gasteiger partial charge in [-0.1, -0.05) is 30.3 Å². The van der Waals surface area contributed by atoms with Crippen LogP contribution in [0.25, 0.3) is 0 Å². The summed E-state index contributed by atoms with van der Waals surface area (Å²) in [6, 6.07) is 12.9. The second-order valence-corrected chi connectivity index (χ2v) is 4.13. The van der Waals surface area contributed by atoms with E-state index < -0.39 is 0 Å². The van der Waals surface area contributed by atoms with Gasteiger partial charge in [0.2, 0.25) is 0 Å². The molecular weight excluding hydrogens is 228 g/mol. The van der Waals surface area contributed by atoms with Crippen molar-refractivity contribution < 1.29 is 14.9 Å². The monoisotopic (exact) mass is 244 g/mol. The Balaban J connectivity index is 2.28. The molecule has 2 aromatic carbocycles. The van der Waals surface area contributed by atoms with Crippen LogP contribution in [0, 0.1) is 6.92 Å². The van der Waals surface area contributed by atoms with Gasteiger partial charge in [0.25, 0.3) is 0 Å². The zero-order valence-electron chi connectivity index (χ0n) is 10.3. The molecule has 0 aliphatic carbocycles. The van der Waals surface area contributed by atoms with Crippen molar-refractivity contribution >= 4 is 0 Å². The van der Waals surface area contributed by atoms with E-state index in [1.54, 1.807) is 0 Å². The molecule has 0 aliphatic heterocycles. The Morgan fingerprint density at radius 3 is 2.39 bits per heavy atom. The van der Waals surface area contributed by atoms with E-state index in [0.29, 0.717) is 5.75 Å². The third kappa shape index (κ3) is 2.70. The standard InChI is InChI=1S/C15H16O3/c1-11-8-12(9-16)6-7-14(11)18-15-5-3-2-4-13(15)10-17/h2-8,16-17H,9-10H2,1H3. The Kier molecular flexibility index (Phi) is 3.97. The van der Waals surface area contributed by atoms with Crippen LogP contribution in [0.2, 0.25) is 0 Å². The van der Waals surface area contributed by atoms with Gasteiger partial charge in [-0.3, -0.25) is 0 Å². The Morgan fingerprint density at radius 1 is 0.944 bits per heavy atom. The van der Waals surface area contributed by atoms with Crippen molar-refractivity contribution in [2.75, 3.05) is 0 Å². The first-order chi connectivity index (χ1) is 8.74. The highest BCUT2D eigenvalue weighted by atomic mass is 16.5. The summed E-state index contributed by atoms with van der Waals surface area (Å²) in [7, 11) is 0. The lowest BCUT2D eigenvalue weighted by molar-refractivity contribution is 0.276. The average molecular weight is 244 g/mol. The van der Waals surface area contributed by atoms with Gasteiger partial charge >= 0.3 is 0 Å². The predicted molar refractivity (Wildman–Crippen MR) is 69.5 cm³/mol. The maximum Gasteiger partial charge on any atom is 0.132 e. The Hall–Kier alpha value is -1.84. The smallest absolute Gasteiger partial charge is 0.132 e. The summed E-state index contributed by atoms with van der Waals surface area (Å²) in [5.74, 6) is 1.38. The van der Waals surface area contributed by atoms with Crippen LogP contribution in [0.1, 0.15) is 16.7 Å². The molecule has 0 spiro atoms. The van der Waals surface area contributed by atoms with E-state index in [4.69, 9.17) is 9.84 Å². The number of aliphatic hydroxyl groups excluding tert-OH is 2. The quantitative estimate of drug-likeness (QED) is 0.869. The third-order valence-corrected chi connectivity index (χ3v) is 2.78. The highest BCUT2D eigenvalue weighted by molar-refractivity contribution is 5.42. The van der Waals surface area contributed by atoms with Crippen LogP contribution in [0.5, 0.6) is 11.5 Å². The molecule has 0 atom stereocenters. The van der Waals surface area contributed by atoms with Gasteiger partial charge in [-0.05, 0) is 30.2 Å². The van der Waals surface area contributed by atoms with Crippen molar-refractivity contribution in [2.45, 2.75) is 20.1 Å². The SMILES string of the molecule is Cc1cc(CO)ccc1Oc1ccccc1CO. The highest BCUT2D eigenvalue weighted by Gasteiger charge is 2.06. The molecule has 0 saturated heterocycles. The first-order valence-electron chi connectivity index (χ1n) is 5.81. The van der Waals surface area contributed by atoms with Crippen LogP contribution in [0.15, 0.2) is 42.5 Å². The zero-order chi connectivity index (χ0) is 13.0. The fourth-order valence-electron chi connectivity index (χ4n) is 1.78. The lowest BCUT2D eigenvalue weighted by Crippen LogP contribution is -1.94. The Bertz CT molecular complexity index is 535. The fraction of sp³-hybridized carbons (Fsp3) is 0.200. The van der Waals surface area contributed by atoms with Gasteiger partial charge in [-0.15, -0.1) is 0 Å². The number of hydrogen-bond donors (Lipinski definition) is 2. The molecule has 0 aromatic heterocycles. The Morgan fingerprint density at radius 2 is 1.72 bits per heavy atom. The van der Waals surface area contributed by atoms with E-state index in [1.807, 2.05) is 49.4 Å². The molecule has 0 amide bonds.